The summed E-state index contributed by atoms with van der Waals surface area (Å²) in [5.41, 5.74) is 0. The van der Waals surface area contributed by atoms with Crippen LogP contribution < -0.4 is 0 Å². The van der Waals surface area contributed by atoms with Crippen LogP contribution in [0, 0.1) is 0 Å². The van der Waals surface area contributed by atoms with Gasteiger partial charge in [-0.3, -0.25) is 0 Å². The Morgan fingerprint density at radius 1 is 0.600 bits per heavy atom. The second-order valence-corrected chi connectivity index (χ2v) is 8.07. The highest BCUT2D eigenvalue weighted by Gasteiger charge is 2.38. The van der Waals surface area contributed by atoms with E-state index in [1.807, 2.05) is 0 Å². The first-order chi connectivity index (χ1) is 12.4. The van der Waals surface area contributed by atoms with Gasteiger partial charge in [-0.2, -0.15) is 0 Å². The molecule has 0 spiro atoms. The molecule has 3 heteroatoms. The maximum Gasteiger partial charge on any atom is 0.184 e. The second kappa shape index (κ2) is 14.0. The van der Waals surface area contributed by atoms with Crippen molar-refractivity contribution in [2.24, 2.45) is 0 Å². The molecule has 0 N–H and O–H groups in total. The Kier molecular flexibility index (Phi) is 11.9. The van der Waals surface area contributed by atoms with Gasteiger partial charge in [0.25, 0.3) is 0 Å². The first kappa shape index (κ1) is 21.2. The van der Waals surface area contributed by atoms with Crippen molar-refractivity contribution in [3.8, 4) is 0 Å². The van der Waals surface area contributed by atoms with Crippen LogP contribution in [-0.2, 0) is 14.2 Å². The van der Waals surface area contributed by atoms with Gasteiger partial charge in [-0.1, -0.05) is 103 Å². The molecule has 0 aliphatic carbocycles. The van der Waals surface area contributed by atoms with Gasteiger partial charge in [0.15, 0.2) is 6.29 Å². The SMILES string of the molecule is CCCCCCCCCCCCCCCCC[C@@H]1OC[C@@H]2CO[C@H]1O2. The van der Waals surface area contributed by atoms with Gasteiger partial charge in [0.2, 0.25) is 0 Å². The summed E-state index contributed by atoms with van der Waals surface area (Å²) in [5, 5.41) is 0. The Morgan fingerprint density at radius 3 is 1.64 bits per heavy atom. The van der Waals surface area contributed by atoms with Crippen LogP contribution in [0.15, 0.2) is 0 Å². The first-order valence-electron chi connectivity index (χ1n) is 11.3. The molecule has 2 aliphatic rings. The first-order valence-corrected chi connectivity index (χ1v) is 11.3. The molecular weight excluding hydrogens is 312 g/mol. The van der Waals surface area contributed by atoms with Crippen molar-refractivity contribution in [1.29, 1.82) is 0 Å². The lowest BCUT2D eigenvalue weighted by atomic mass is 10.0. The van der Waals surface area contributed by atoms with E-state index in [-0.39, 0.29) is 18.5 Å². The number of ether oxygens (including phenoxy) is 3. The number of fused-ring (bicyclic) bond motifs is 2. The summed E-state index contributed by atoms with van der Waals surface area (Å²) in [6.07, 6.45) is 22.6. The quantitative estimate of drug-likeness (QED) is 0.301. The molecule has 2 saturated heterocycles. The van der Waals surface area contributed by atoms with Gasteiger partial charge in [0.1, 0.15) is 12.2 Å². The third-order valence-corrected chi connectivity index (χ3v) is 5.66. The van der Waals surface area contributed by atoms with Crippen LogP contribution >= 0.6 is 0 Å². The molecule has 2 aliphatic heterocycles. The smallest absolute Gasteiger partial charge is 0.184 e. The van der Waals surface area contributed by atoms with E-state index >= 15 is 0 Å². The molecule has 0 radical (unpaired) electrons. The molecule has 0 aromatic heterocycles. The molecule has 2 bridgehead atoms. The molecule has 0 aromatic rings. The van der Waals surface area contributed by atoms with E-state index in [4.69, 9.17) is 14.2 Å². The molecule has 148 valence electrons. The van der Waals surface area contributed by atoms with Gasteiger partial charge in [-0.05, 0) is 6.42 Å². The standard InChI is InChI=1S/C22H42O3/c1-2-3-4-5-6-7-8-9-10-11-12-13-14-15-16-17-21-22-24-19-20(25-22)18-23-21/h20-22H,2-19H2,1H3/t20-,21+,22+/m1/s1. The molecule has 0 amide bonds. The van der Waals surface area contributed by atoms with Crippen LogP contribution in [0.1, 0.15) is 110 Å². The van der Waals surface area contributed by atoms with Gasteiger partial charge in [-0.15, -0.1) is 0 Å². The van der Waals surface area contributed by atoms with Gasteiger partial charge in [-0.25, -0.2) is 0 Å². The minimum absolute atomic E-state index is 0.0783. The topological polar surface area (TPSA) is 27.7 Å². The van der Waals surface area contributed by atoms with Crippen molar-refractivity contribution in [3.63, 3.8) is 0 Å². The van der Waals surface area contributed by atoms with Crippen molar-refractivity contribution in [2.45, 2.75) is 128 Å². The molecule has 0 saturated carbocycles. The fourth-order valence-corrected chi connectivity index (χ4v) is 4.00. The van der Waals surface area contributed by atoms with E-state index in [1.165, 1.54) is 96.3 Å². The second-order valence-electron chi connectivity index (χ2n) is 8.07. The van der Waals surface area contributed by atoms with E-state index < -0.39 is 0 Å². The molecular formula is C22H42O3. The van der Waals surface area contributed by atoms with Crippen molar-refractivity contribution in [1.82, 2.24) is 0 Å². The molecule has 2 fully saturated rings. The van der Waals surface area contributed by atoms with E-state index in [9.17, 15) is 0 Å². The summed E-state index contributed by atoms with van der Waals surface area (Å²) in [5.74, 6) is 0. The van der Waals surface area contributed by atoms with E-state index in [0.29, 0.717) is 0 Å². The van der Waals surface area contributed by atoms with Crippen LogP contribution in [-0.4, -0.2) is 31.7 Å². The van der Waals surface area contributed by atoms with Gasteiger partial charge < -0.3 is 14.2 Å². The van der Waals surface area contributed by atoms with Crippen molar-refractivity contribution >= 4 is 0 Å². The van der Waals surface area contributed by atoms with Crippen LogP contribution in [0.5, 0.6) is 0 Å². The highest BCUT2D eigenvalue weighted by atomic mass is 16.8. The predicted molar refractivity (Wildman–Crippen MR) is 104 cm³/mol. The zero-order chi connectivity index (χ0) is 17.6. The van der Waals surface area contributed by atoms with Crippen molar-refractivity contribution < 1.29 is 14.2 Å². The summed E-state index contributed by atoms with van der Waals surface area (Å²) < 4.78 is 17.2. The molecule has 0 unspecified atom stereocenters. The molecule has 2 heterocycles. The lowest BCUT2D eigenvalue weighted by Crippen LogP contribution is -2.37. The maximum absolute atomic E-state index is 5.83. The Bertz CT molecular complexity index is 308. The Labute approximate surface area is 156 Å². The summed E-state index contributed by atoms with van der Waals surface area (Å²) >= 11 is 0. The maximum atomic E-state index is 5.83. The summed E-state index contributed by atoms with van der Waals surface area (Å²) in [7, 11) is 0. The fourth-order valence-electron chi connectivity index (χ4n) is 4.00. The summed E-state index contributed by atoms with van der Waals surface area (Å²) in [4.78, 5) is 0. The Hall–Kier alpha value is -0.120. The van der Waals surface area contributed by atoms with Gasteiger partial charge in [0.05, 0.1) is 13.2 Å². The van der Waals surface area contributed by atoms with Crippen molar-refractivity contribution in [2.75, 3.05) is 13.2 Å². The Balaban J connectivity index is 1.26. The molecule has 3 atom stereocenters. The average Bonchev–Trinajstić information content (AvgIpc) is 3.02. The van der Waals surface area contributed by atoms with Crippen LogP contribution in [0.2, 0.25) is 0 Å². The Morgan fingerprint density at radius 2 is 1.08 bits per heavy atom. The highest BCUT2D eigenvalue weighted by Crippen LogP contribution is 2.26. The zero-order valence-electron chi connectivity index (χ0n) is 16.7. The summed E-state index contributed by atoms with van der Waals surface area (Å²) in [6, 6.07) is 0. The normalized spacial score (nSPS) is 25.6. The lowest BCUT2D eigenvalue weighted by molar-refractivity contribution is -0.198. The molecule has 3 nitrogen and oxygen atoms in total. The number of hydrogen-bond donors (Lipinski definition) is 0. The number of hydrogen-bond acceptors (Lipinski definition) is 3. The minimum Gasteiger partial charge on any atom is -0.370 e. The van der Waals surface area contributed by atoms with E-state index in [2.05, 4.69) is 6.92 Å². The van der Waals surface area contributed by atoms with Crippen LogP contribution in [0.3, 0.4) is 0 Å². The zero-order valence-corrected chi connectivity index (χ0v) is 16.7. The van der Waals surface area contributed by atoms with E-state index in [1.54, 1.807) is 0 Å². The molecule has 0 aromatic carbocycles. The average molecular weight is 355 g/mol. The predicted octanol–water partition coefficient (Wildman–Crippen LogP) is 6.39. The van der Waals surface area contributed by atoms with Crippen LogP contribution in [0.4, 0.5) is 0 Å². The number of unbranched alkanes of at least 4 members (excludes halogenated alkanes) is 14. The third kappa shape index (κ3) is 9.40. The molecule has 25 heavy (non-hydrogen) atoms. The van der Waals surface area contributed by atoms with Crippen LogP contribution in [0.25, 0.3) is 0 Å². The fraction of sp³-hybridized carbons (Fsp3) is 1.00. The van der Waals surface area contributed by atoms with Crippen molar-refractivity contribution in [3.05, 3.63) is 0 Å². The number of rotatable bonds is 16. The van der Waals surface area contributed by atoms with Gasteiger partial charge >= 0.3 is 0 Å². The van der Waals surface area contributed by atoms with Gasteiger partial charge in [0, 0.05) is 0 Å². The van der Waals surface area contributed by atoms with E-state index in [0.717, 1.165) is 19.6 Å². The largest absolute Gasteiger partial charge is 0.370 e. The minimum atomic E-state index is -0.0783. The third-order valence-electron chi connectivity index (χ3n) is 5.66. The molecule has 2 rings (SSSR count). The lowest BCUT2D eigenvalue weighted by Gasteiger charge is -2.27. The monoisotopic (exact) mass is 354 g/mol. The summed E-state index contributed by atoms with van der Waals surface area (Å²) in [6.45, 7) is 3.73. The highest BCUT2D eigenvalue weighted by molar-refractivity contribution is 4.77.